The Hall–Kier alpha value is -0.630. The Morgan fingerprint density at radius 1 is 1.33 bits per heavy atom. The van der Waals surface area contributed by atoms with E-state index in [2.05, 4.69) is 44.3 Å². The standard InChI is InChI=1S/C13H19NS/c1-4-13(5-2)9-15-12-8-10(3)6-7-11(12)14-13/h6-8,14H,4-5,9H2,1-3H3. The molecule has 1 aliphatic heterocycles. The molecule has 0 atom stereocenters. The predicted molar refractivity (Wildman–Crippen MR) is 68.8 cm³/mol. The van der Waals surface area contributed by atoms with Gasteiger partial charge in [0.25, 0.3) is 0 Å². The van der Waals surface area contributed by atoms with Crippen molar-refractivity contribution in [2.45, 2.75) is 44.0 Å². The van der Waals surface area contributed by atoms with Crippen LogP contribution >= 0.6 is 11.8 Å². The molecule has 0 radical (unpaired) electrons. The van der Waals surface area contributed by atoms with Gasteiger partial charge >= 0.3 is 0 Å². The molecule has 1 nitrogen and oxygen atoms in total. The third-order valence-electron chi connectivity index (χ3n) is 3.39. The van der Waals surface area contributed by atoms with E-state index in [1.807, 2.05) is 11.8 Å². The molecule has 1 aliphatic rings. The van der Waals surface area contributed by atoms with E-state index in [0.717, 1.165) is 0 Å². The first-order valence-corrected chi connectivity index (χ1v) is 6.69. The van der Waals surface area contributed by atoms with Crippen LogP contribution in [0.4, 0.5) is 5.69 Å². The molecule has 1 N–H and O–H groups in total. The van der Waals surface area contributed by atoms with Crippen molar-refractivity contribution in [2.75, 3.05) is 11.1 Å². The molecule has 1 heterocycles. The van der Waals surface area contributed by atoms with E-state index in [-0.39, 0.29) is 0 Å². The number of thioether (sulfide) groups is 1. The average molecular weight is 221 g/mol. The van der Waals surface area contributed by atoms with Gasteiger partial charge in [-0.05, 0) is 37.5 Å². The van der Waals surface area contributed by atoms with E-state index in [1.165, 1.54) is 34.7 Å². The van der Waals surface area contributed by atoms with Crippen LogP contribution in [-0.2, 0) is 0 Å². The first kappa shape index (κ1) is 10.9. The van der Waals surface area contributed by atoms with Gasteiger partial charge in [0.05, 0.1) is 0 Å². The molecule has 2 rings (SSSR count). The van der Waals surface area contributed by atoms with Gasteiger partial charge in [0.1, 0.15) is 0 Å². The fourth-order valence-electron chi connectivity index (χ4n) is 2.02. The lowest BCUT2D eigenvalue weighted by Crippen LogP contribution is -2.41. The number of rotatable bonds is 2. The highest BCUT2D eigenvalue weighted by molar-refractivity contribution is 7.99. The van der Waals surface area contributed by atoms with E-state index in [0.29, 0.717) is 5.54 Å². The summed E-state index contributed by atoms with van der Waals surface area (Å²) in [6, 6.07) is 6.69. The van der Waals surface area contributed by atoms with E-state index < -0.39 is 0 Å². The minimum absolute atomic E-state index is 0.312. The van der Waals surface area contributed by atoms with Crippen LogP contribution in [0.3, 0.4) is 0 Å². The molecule has 0 amide bonds. The molecule has 82 valence electrons. The average Bonchev–Trinajstić information content (AvgIpc) is 2.28. The molecule has 0 aliphatic carbocycles. The lowest BCUT2D eigenvalue weighted by Gasteiger charge is -2.38. The quantitative estimate of drug-likeness (QED) is 0.808. The molecule has 0 bridgehead atoms. The summed E-state index contributed by atoms with van der Waals surface area (Å²) in [6.07, 6.45) is 2.40. The molecule has 1 aromatic carbocycles. The van der Waals surface area contributed by atoms with Gasteiger partial charge in [0, 0.05) is 21.9 Å². The lowest BCUT2D eigenvalue weighted by atomic mass is 9.94. The van der Waals surface area contributed by atoms with Crippen molar-refractivity contribution in [1.82, 2.24) is 0 Å². The zero-order valence-corrected chi connectivity index (χ0v) is 10.6. The lowest BCUT2D eigenvalue weighted by molar-refractivity contribution is 0.482. The topological polar surface area (TPSA) is 12.0 Å². The summed E-state index contributed by atoms with van der Waals surface area (Å²) in [7, 11) is 0. The second kappa shape index (κ2) is 4.09. The highest BCUT2D eigenvalue weighted by Crippen LogP contribution is 2.40. The van der Waals surface area contributed by atoms with Gasteiger partial charge < -0.3 is 5.32 Å². The Balaban J connectivity index is 2.30. The van der Waals surface area contributed by atoms with Crippen molar-refractivity contribution in [3.8, 4) is 0 Å². The van der Waals surface area contributed by atoms with E-state index in [4.69, 9.17) is 0 Å². The summed E-state index contributed by atoms with van der Waals surface area (Å²) in [5, 5.41) is 3.72. The van der Waals surface area contributed by atoms with Crippen molar-refractivity contribution in [2.24, 2.45) is 0 Å². The van der Waals surface area contributed by atoms with E-state index >= 15 is 0 Å². The van der Waals surface area contributed by atoms with Gasteiger partial charge in [-0.3, -0.25) is 0 Å². The molecular weight excluding hydrogens is 202 g/mol. The third-order valence-corrected chi connectivity index (χ3v) is 4.74. The number of aryl methyl sites for hydroxylation is 1. The number of benzene rings is 1. The van der Waals surface area contributed by atoms with E-state index in [1.54, 1.807) is 0 Å². The van der Waals surface area contributed by atoms with Gasteiger partial charge in [-0.15, -0.1) is 11.8 Å². The van der Waals surface area contributed by atoms with Crippen molar-refractivity contribution < 1.29 is 0 Å². The number of fused-ring (bicyclic) bond motifs is 1. The van der Waals surface area contributed by atoms with Gasteiger partial charge in [0.15, 0.2) is 0 Å². The number of hydrogen-bond acceptors (Lipinski definition) is 2. The summed E-state index contributed by atoms with van der Waals surface area (Å²) >= 11 is 2.00. The molecule has 0 fully saturated rings. The Labute approximate surface area is 96.7 Å². The van der Waals surface area contributed by atoms with Crippen LogP contribution in [0.25, 0.3) is 0 Å². The molecule has 15 heavy (non-hydrogen) atoms. The number of hydrogen-bond donors (Lipinski definition) is 1. The molecule has 0 unspecified atom stereocenters. The Morgan fingerprint density at radius 3 is 2.73 bits per heavy atom. The summed E-state index contributed by atoms with van der Waals surface area (Å²) < 4.78 is 0. The smallest absolute Gasteiger partial charge is 0.0483 e. The zero-order chi connectivity index (χ0) is 10.9. The fraction of sp³-hybridized carbons (Fsp3) is 0.538. The molecule has 0 aromatic heterocycles. The second-order valence-corrected chi connectivity index (χ2v) is 5.42. The van der Waals surface area contributed by atoms with Gasteiger partial charge in [-0.2, -0.15) is 0 Å². The predicted octanol–water partition coefficient (Wildman–Crippen LogP) is 4.07. The van der Waals surface area contributed by atoms with Crippen LogP contribution in [0.1, 0.15) is 32.3 Å². The number of anilines is 1. The highest BCUT2D eigenvalue weighted by atomic mass is 32.2. The van der Waals surface area contributed by atoms with Crippen LogP contribution in [0, 0.1) is 6.92 Å². The zero-order valence-electron chi connectivity index (χ0n) is 9.76. The first-order chi connectivity index (χ1) is 7.19. The first-order valence-electron chi connectivity index (χ1n) is 5.71. The van der Waals surface area contributed by atoms with E-state index in [9.17, 15) is 0 Å². The van der Waals surface area contributed by atoms with Crippen molar-refractivity contribution in [1.29, 1.82) is 0 Å². The number of nitrogens with one attached hydrogen (secondary N) is 1. The minimum Gasteiger partial charge on any atom is -0.378 e. The third kappa shape index (κ3) is 2.00. The van der Waals surface area contributed by atoms with Gasteiger partial charge in [-0.25, -0.2) is 0 Å². The summed E-state index contributed by atoms with van der Waals surface area (Å²) in [4.78, 5) is 1.41. The van der Waals surface area contributed by atoms with Crippen LogP contribution < -0.4 is 5.32 Å². The van der Waals surface area contributed by atoms with Crippen molar-refractivity contribution in [3.63, 3.8) is 0 Å². The maximum atomic E-state index is 3.72. The Morgan fingerprint density at radius 2 is 2.07 bits per heavy atom. The largest absolute Gasteiger partial charge is 0.378 e. The maximum absolute atomic E-state index is 3.72. The summed E-state index contributed by atoms with van der Waals surface area (Å²) in [5.41, 5.74) is 2.98. The van der Waals surface area contributed by atoms with Crippen LogP contribution in [0.5, 0.6) is 0 Å². The minimum atomic E-state index is 0.312. The molecule has 1 aromatic rings. The summed E-state index contributed by atoms with van der Waals surface area (Å²) in [6.45, 7) is 6.70. The molecule has 0 spiro atoms. The van der Waals surface area contributed by atoms with Crippen molar-refractivity contribution in [3.05, 3.63) is 23.8 Å². The highest BCUT2D eigenvalue weighted by Gasteiger charge is 2.30. The second-order valence-electron chi connectivity index (χ2n) is 4.40. The normalized spacial score (nSPS) is 18.1. The molecule has 0 saturated heterocycles. The monoisotopic (exact) mass is 221 g/mol. The Bertz CT molecular complexity index is 356. The van der Waals surface area contributed by atoms with Crippen molar-refractivity contribution >= 4 is 17.4 Å². The maximum Gasteiger partial charge on any atom is 0.0483 e. The van der Waals surface area contributed by atoms with Crippen LogP contribution in [0.15, 0.2) is 23.1 Å². The molecule has 2 heteroatoms. The Kier molecular flexibility index (Phi) is 2.96. The van der Waals surface area contributed by atoms with Crippen LogP contribution in [-0.4, -0.2) is 11.3 Å². The van der Waals surface area contributed by atoms with Gasteiger partial charge in [0.2, 0.25) is 0 Å². The fourth-order valence-corrected chi connectivity index (χ4v) is 3.48. The summed E-state index contributed by atoms with van der Waals surface area (Å²) in [5.74, 6) is 1.19. The molecular formula is C13H19NS. The van der Waals surface area contributed by atoms with Crippen LogP contribution in [0.2, 0.25) is 0 Å². The SMILES string of the molecule is CCC1(CC)CSc2cc(C)ccc2N1. The van der Waals surface area contributed by atoms with Gasteiger partial charge in [-0.1, -0.05) is 19.9 Å². The molecule has 0 saturated carbocycles.